The Labute approximate surface area is 96.2 Å². The van der Waals surface area contributed by atoms with Crippen LogP contribution in [0.25, 0.3) is 0 Å². The van der Waals surface area contributed by atoms with E-state index in [1.54, 1.807) is 0 Å². The van der Waals surface area contributed by atoms with E-state index in [0.29, 0.717) is 6.54 Å². The summed E-state index contributed by atoms with van der Waals surface area (Å²) < 4.78 is 5.13. The van der Waals surface area contributed by atoms with Crippen molar-refractivity contribution in [2.75, 3.05) is 6.54 Å². The van der Waals surface area contributed by atoms with Crippen LogP contribution in [0.1, 0.15) is 41.0 Å². The number of amides is 1. The first-order valence-electron chi connectivity index (χ1n) is 5.39. The van der Waals surface area contributed by atoms with Crippen LogP contribution in [0.5, 0.6) is 0 Å². The molecule has 0 radical (unpaired) electrons. The van der Waals surface area contributed by atoms with Crippen LogP contribution in [0.2, 0.25) is 0 Å². The number of carbonyl (C=O) groups is 1. The van der Waals surface area contributed by atoms with Gasteiger partial charge in [0.15, 0.2) is 5.60 Å². The zero-order valence-electron chi connectivity index (χ0n) is 10.6. The SMILES string of the molecule is CC1=NOC(C)(CNC(=O)OC(C)(C)C)C1. The maximum Gasteiger partial charge on any atom is 0.407 e. The molecule has 0 fully saturated rings. The molecule has 5 heteroatoms. The van der Waals surface area contributed by atoms with Crippen LogP contribution in [0.4, 0.5) is 4.79 Å². The van der Waals surface area contributed by atoms with E-state index >= 15 is 0 Å². The van der Waals surface area contributed by atoms with Crippen molar-refractivity contribution in [3.05, 3.63) is 0 Å². The summed E-state index contributed by atoms with van der Waals surface area (Å²) in [5, 5.41) is 6.55. The molecule has 1 heterocycles. The summed E-state index contributed by atoms with van der Waals surface area (Å²) in [7, 11) is 0. The lowest BCUT2D eigenvalue weighted by Gasteiger charge is -2.24. The van der Waals surface area contributed by atoms with Crippen LogP contribution in [0.15, 0.2) is 5.16 Å². The fourth-order valence-electron chi connectivity index (χ4n) is 1.46. The molecule has 92 valence electrons. The molecule has 0 saturated heterocycles. The quantitative estimate of drug-likeness (QED) is 0.787. The molecule has 1 rings (SSSR count). The number of ether oxygens (including phenoxy) is 1. The van der Waals surface area contributed by atoms with Crippen molar-refractivity contribution in [2.45, 2.75) is 52.2 Å². The molecule has 1 amide bonds. The Bertz CT molecular complexity index is 307. The monoisotopic (exact) mass is 228 g/mol. The summed E-state index contributed by atoms with van der Waals surface area (Å²) in [6.45, 7) is 9.68. The summed E-state index contributed by atoms with van der Waals surface area (Å²) in [4.78, 5) is 16.7. The molecule has 16 heavy (non-hydrogen) atoms. The third kappa shape index (κ3) is 4.08. The highest BCUT2D eigenvalue weighted by Gasteiger charge is 2.33. The third-order valence-corrected chi connectivity index (χ3v) is 2.06. The first kappa shape index (κ1) is 12.8. The van der Waals surface area contributed by atoms with Gasteiger partial charge in [-0.3, -0.25) is 0 Å². The standard InChI is InChI=1S/C11H20N2O3/c1-8-6-11(5,16-13-8)7-12-9(14)15-10(2,3)4/h6-7H2,1-5H3,(H,12,14). The number of alkyl carbamates (subject to hydrolysis) is 1. The maximum atomic E-state index is 11.4. The Kier molecular flexibility index (Phi) is 3.45. The number of hydrogen-bond donors (Lipinski definition) is 1. The molecule has 0 spiro atoms. The van der Waals surface area contributed by atoms with Gasteiger partial charge in [0.05, 0.1) is 12.3 Å². The summed E-state index contributed by atoms with van der Waals surface area (Å²) in [5.74, 6) is 0. The number of nitrogens with one attached hydrogen (secondary N) is 1. The van der Waals surface area contributed by atoms with Gasteiger partial charge in [-0.05, 0) is 34.6 Å². The number of rotatable bonds is 2. The van der Waals surface area contributed by atoms with Crippen molar-refractivity contribution in [2.24, 2.45) is 5.16 Å². The second kappa shape index (κ2) is 4.31. The van der Waals surface area contributed by atoms with Gasteiger partial charge in [0.1, 0.15) is 5.60 Å². The van der Waals surface area contributed by atoms with Crippen LogP contribution in [-0.2, 0) is 9.57 Å². The zero-order chi connectivity index (χ0) is 12.4. The number of nitrogens with zero attached hydrogens (tertiary/aromatic N) is 1. The molecule has 1 aliphatic rings. The number of hydrogen-bond acceptors (Lipinski definition) is 4. The van der Waals surface area contributed by atoms with E-state index in [0.717, 1.165) is 12.1 Å². The van der Waals surface area contributed by atoms with E-state index in [-0.39, 0.29) is 0 Å². The molecule has 1 aliphatic heterocycles. The first-order chi connectivity index (χ1) is 7.20. The van der Waals surface area contributed by atoms with Gasteiger partial charge in [0, 0.05) is 6.42 Å². The van der Waals surface area contributed by atoms with Gasteiger partial charge in [0.2, 0.25) is 0 Å². The predicted molar refractivity (Wildman–Crippen MR) is 61.5 cm³/mol. The lowest BCUT2D eigenvalue weighted by Crippen LogP contribution is -2.42. The summed E-state index contributed by atoms with van der Waals surface area (Å²) >= 11 is 0. The topological polar surface area (TPSA) is 59.9 Å². The highest BCUT2D eigenvalue weighted by Crippen LogP contribution is 2.22. The minimum Gasteiger partial charge on any atom is -0.444 e. The molecule has 5 nitrogen and oxygen atoms in total. The van der Waals surface area contributed by atoms with E-state index in [1.165, 1.54) is 0 Å². The molecular formula is C11H20N2O3. The Hall–Kier alpha value is -1.26. The molecule has 1 unspecified atom stereocenters. The van der Waals surface area contributed by atoms with Gasteiger partial charge >= 0.3 is 6.09 Å². The van der Waals surface area contributed by atoms with E-state index in [4.69, 9.17) is 9.57 Å². The summed E-state index contributed by atoms with van der Waals surface area (Å²) in [6.07, 6.45) is 0.296. The Morgan fingerprint density at radius 1 is 1.62 bits per heavy atom. The molecule has 1 N–H and O–H groups in total. The molecular weight excluding hydrogens is 208 g/mol. The maximum absolute atomic E-state index is 11.4. The van der Waals surface area contributed by atoms with Gasteiger partial charge in [-0.1, -0.05) is 5.16 Å². The average molecular weight is 228 g/mol. The van der Waals surface area contributed by atoms with Crippen LogP contribution >= 0.6 is 0 Å². The van der Waals surface area contributed by atoms with Gasteiger partial charge in [-0.2, -0.15) is 0 Å². The van der Waals surface area contributed by atoms with E-state index in [2.05, 4.69) is 10.5 Å². The molecule has 0 aromatic rings. The zero-order valence-corrected chi connectivity index (χ0v) is 10.6. The van der Waals surface area contributed by atoms with E-state index in [1.807, 2.05) is 34.6 Å². The highest BCUT2D eigenvalue weighted by molar-refractivity contribution is 5.83. The largest absolute Gasteiger partial charge is 0.444 e. The average Bonchev–Trinajstić information content (AvgIpc) is 2.41. The van der Waals surface area contributed by atoms with Crippen molar-refractivity contribution in [1.82, 2.24) is 5.32 Å². The lowest BCUT2D eigenvalue weighted by atomic mass is 10.0. The lowest BCUT2D eigenvalue weighted by molar-refractivity contribution is -0.00686. The van der Waals surface area contributed by atoms with Crippen LogP contribution in [-0.4, -0.2) is 29.6 Å². The van der Waals surface area contributed by atoms with Gasteiger partial charge < -0.3 is 14.9 Å². The van der Waals surface area contributed by atoms with Crippen molar-refractivity contribution in [3.63, 3.8) is 0 Å². The Morgan fingerprint density at radius 2 is 2.25 bits per heavy atom. The summed E-state index contributed by atoms with van der Waals surface area (Å²) in [5.41, 5.74) is 0.0167. The van der Waals surface area contributed by atoms with Gasteiger partial charge in [-0.25, -0.2) is 4.79 Å². The highest BCUT2D eigenvalue weighted by atomic mass is 16.7. The third-order valence-electron chi connectivity index (χ3n) is 2.06. The molecule has 0 bridgehead atoms. The van der Waals surface area contributed by atoms with Crippen molar-refractivity contribution >= 4 is 11.8 Å². The fourth-order valence-corrected chi connectivity index (χ4v) is 1.46. The molecule has 0 saturated carbocycles. The Balaban J connectivity index is 2.33. The summed E-state index contributed by atoms with van der Waals surface area (Å²) in [6, 6.07) is 0. The van der Waals surface area contributed by atoms with Gasteiger partial charge in [0.25, 0.3) is 0 Å². The van der Waals surface area contributed by atoms with Crippen molar-refractivity contribution in [1.29, 1.82) is 0 Å². The molecule has 0 aliphatic carbocycles. The van der Waals surface area contributed by atoms with E-state index < -0.39 is 17.3 Å². The first-order valence-corrected chi connectivity index (χ1v) is 5.39. The van der Waals surface area contributed by atoms with Gasteiger partial charge in [-0.15, -0.1) is 0 Å². The second-order valence-electron chi connectivity index (χ2n) is 5.40. The number of oxime groups is 1. The van der Waals surface area contributed by atoms with Crippen LogP contribution < -0.4 is 5.32 Å². The minimum absolute atomic E-state index is 0.392. The Morgan fingerprint density at radius 3 is 2.69 bits per heavy atom. The van der Waals surface area contributed by atoms with Crippen molar-refractivity contribution < 1.29 is 14.4 Å². The predicted octanol–water partition coefficient (Wildman–Crippen LogP) is 2.07. The van der Waals surface area contributed by atoms with Crippen LogP contribution in [0, 0.1) is 0 Å². The van der Waals surface area contributed by atoms with E-state index in [9.17, 15) is 4.79 Å². The smallest absolute Gasteiger partial charge is 0.407 e. The molecule has 0 aromatic carbocycles. The van der Waals surface area contributed by atoms with Crippen LogP contribution in [0.3, 0.4) is 0 Å². The fraction of sp³-hybridized carbons (Fsp3) is 0.818. The minimum atomic E-state index is -0.478. The second-order valence-corrected chi connectivity index (χ2v) is 5.40. The number of carbonyl (C=O) groups excluding carboxylic acids is 1. The normalized spacial score (nSPS) is 24.7. The molecule has 1 atom stereocenters. The van der Waals surface area contributed by atoms with Crippen molar-refractivity contribution in [3.8, 4) is 0 Å². The molecule has 0 aromatic heterocycles.